The number of hydrogen-bond donors (Lipinski definition) is 2. The molecule has 0 spiro atoms. The summed E-state index contributed by atoms with van der Waals surface area (Å²) >= 11 is 0. The lowest BCUT2D eigenvalue weighted by molar-refractivity contribution is -0.384. The van der Waals surface area contributed by atoms with Gasteiger partial charge in [-0.15, -0.1) is 0 Å². The molecule has 0 fully saturated rings. The Kier molecular flexibility index (Phi) is 6.77. The van der Waals surface area contributed by atoms with E-state index in [9.17, 15) is 14.9 Å². The minimum Gasteiger partial charge on any atom is -0.496 e. The number of benzene rings is 3. The summed E-state index contributed by atoms with van der Waals surface area (Å²) < 4.78 is 5.02. The predicted molar refractivity (Wildman–Crippen MR) is 116 cm³/mol. The molecule has 0 radical (unpaired) electrons. The number of amides is 1. The zero-order chi connectivity index (χ0) is 21.5. The summed E-state index contributed by atoms with van der Waals surface area (Å²) in [6.45, 7) is 2.00. The third kappa shape index (κ3) is 5.21. The zero-order valence-electron chi connectivity index (χ0n) is 16.8. The summed E-state index contributed by atoms with van der Waals surface area (Å²) in [5.41, 5.74) is 3.09. The fraction of sp³-hybridized carbons (Fsp3) is 0.174. The van der Waals surface area contributed by atoms with Crippen LogP contribution >= 0.6 is 0 Å². The van der Waals surface area contributed by atoms with E-state index in [-0.39, 0.29) is 29.9 Å². The molecule has 0 aromatic heterocycles. The van der Waals surface area contributed by atoms with Crippen molar-refractivity contribution in [1.82, 2.24) is 5.32 Å². The number of ether oxygens (including phenoxy) is 1. The summed E-state index contributed by atoms with van der Waals surface area (Å²) in [6.07, 6.45) is 0. The summed E-state index contributed by atoms with van der Waals surface area (Å²) in [5, 5.41) is 17.2. The van der Waals surface area contributed by atoms with Crippen LogP contribution in [0.25, 0.3) is 0 Å². The molecule has 0 saturated carbocycles. The third-order valence-corrected chi connectivity index (χ3v) is 4.69. The number of carbonyl (C=O) groups excluding carboxylic acids is 1. The molecule has 7 heteroatoms. The molecular weight excluding hydrogens is 382 g/mol. The largest absolute Gasteiger partial charge is 0.496 e. The first kappa shape index (κ1) is 21.0. The molecule has 3 aromatic carbocycles. The lowest BCUT2D eigenvalue weighted by Crippen LogP contribution is -2.32. The smallest absolute Gasteiger partial charge is 0.296 e. The monoisotopic (exact) mass is 405 g/mol. The quantitative estimate of drug-likeness (QED) is 0.432. The molecule has 0 bridgehead atoms. The van der Waals surface area contributed by atoms with Gasteiger partial charge in [-0.3, -0.25) is 20.2 Å². The van der Waals surface area contributed by atoms with Crippen molar-refractivity contribution < 1.29 is 14.5 Å². The van der Waals surface area contributed by atoms with Crippen molar-refractivity contribution in [3.8, 4) is 5.75 Å². The van der Waals surface area contributed by atoms with Gasteiger partial charge >= 0.3 is 0 Å². The van der Waals surface area contributed by atoms with Crippen LogP contribution < -0.4 is 15.4 Å². The highest BCUT2D eigenvalue weighted by molar-refractivity contribution is 5.94. The van der Waals surface area contributed by atoms with Crippen molar-refractivity contribution in [2.75, 3.05) is 19.0 Å². The summed E-state index contributed by atoms with van der Waals surface area (Å²) in [5.74, 6) is -0.0300. The zero-order valence-corrected chi connectivity index (χ0v) is 16.8. The van der Waals surface area contributed by atoms with Crippen molar-refractivity contribution in [3.63, 3.8) is 0 Å². The fourth-order valence-electron chi connectivity index (χ4n) is 3.12. The van der Waals surface area contributed by atoms with E-state index in [0.717, 1.165) is 16.7 Å². The molecule has 154 valence electrons. The first-order chi connectivity index (χ1) is 14.5. The van der Waals surface area contributed by atoms with Crippen LogP contribution in [0.15, 0.2) is 72.8 Å². The summed E-state index contributed by atoms with van der Waals surface area (Å²) in [6, 6.07) is 22.0. The molecule has 1 amide bonds. The van der Waals surface area contributed by atoms with E-state index < -0.39 is 4.92 Å². The van der Waals surface area contributed by atoms with E-state index in [1.54, 1.807) is 6.07 Å². The SMILES string of the molecule is COc1ccc(NC(=O)CN[C@@H](c2ccccc2)c2ccc(C)cc2)c([N+](=O)[O-])c1. The van der Waals surface area contributed by atoms with Gasteiger partial charge in [0.1, 0.15) is 11.4 Å². The Hall–Kier alpha value is -3.71. The molecule has 0 aliphatic carbocycles. The Bertz CT molecular complexity index is 1020. The van der Waals surface area contributed by atoms with Crippen LogP contribution in [0.3, 0.4) is 0 Å². The van der Waals surface area contributed by atoms with E-state index in [2.05, 4.69) is 10.6 Å². The summed E-state index contributed by atoms with van der Waals surface area (Å²) in [4.78, 5) is 23.3. The van der Waals surface area contributed by atoms with Gasteiger partial charge in [0.15, 0.2) is 0 Å². The maximum Gasteiger partial charge on any atom is 0.296 e. The number of nitrogens with one attached hydrogen (secondary N) is 2. The molecule has 7 nitrogen and oxygen atoms in total. The Morgan fingerprint density at radius 2 is 1.70 bits per heavy atom. The van der Waals surface area contributed by atoms with Crippen LogP contribution in [0.5, 0.6) is 5.75 Å². The number of methoxy groups -OCH3 is 1. The van der Waals surface area contributed by atoms with Gasteiger partial charge < -0.3 is 10.1 Å². The van der Waals surface area contributed by atoms with Gasteiger partial charge in [0.2, 0.25) is 5.91 Å². The molecule has 0 aliphatic heterocycles. The number of nitrogens with zero attached hydrogens (tertiary/aromatic N) is 1. The third-order valence-electron chi connectivity index (χ3n) is 4.69. The number of carbonyl (C=O) groups is 1. The molecule has 0 saturated heterocycles. The van der Waals surface area contributed by atoms with Gasteiger partial charge in [0.05, 0.1) is 30.7 Å². The van der Waals surface area contributed by atoms with E-state index >= 15 is 0 Å². The topological polar surface area (TPSA) is 93.5 Å². The maximum atomic E-state index is 12.5. The highest BCUT2D eigenvalue weighted by Crippen LogP contribution is 2.29. The van der Waals surface area contributed by atoms with E-state index in [1.165, 1.54) is 19.2 Å². The highest BCUT2D eigenvalue weighted by atomic mass is 16.6. The minimum atomic E-state index is -0.551. The molecule has 3 rings (SSSR count). The van der Waals surface area contributed by atoms with E-state index in [0.29, 0.717) is 5.75 Å². The first-order valence-corrected chi connectivity index (χ1v) is 9.45. The number of aryl methyl sites for hydroxylation is 1. The van der Waals surface area contributed by atoms with Gasteiger partial charge in [0, 0.05) is 0 Å². The van der Waals surface area contributed by atoms with Crippen molar-refractivity contribution >= 4 is 17.3 Å². The van der Waals surface area contributed by atoms with Gasteiger partial charge in [-0.25, -0.2) is 0 Å². The van der Waals surface area contributed by atoms with Gasteiger partial charge in [-0.05, 0) is 30.2 Å². The second kappa shape index (κ2) is 9.67. The molecule has 30 heavy (non-hydrogen) atoms. The average Bonchev–Trinajstić information content (AvgIpc) is 2.76. The van der Waals surface area contributed by atoms with Crippen LogP contribution in [-0.2, 0) is 4.79 Å². The Balaban J connectivity index is 1.75. The highest BCUT2D eigenvalue weighted by Gasteiger charge is 2.19. The van der Waals surface area contributed by atoms with Gasteiger partial charge in [0.25, 0.3) is 5.69 Å². The second-order valence-electron chi connectivity index (χ2n) is 6.82. The minimum absolute atomic E-state index is 0.0172. The number of rotatable bonds is 8. The first-order valence-electron chi connectivity index (χ1n) is 9.45. The van der Waals surface area contributed by atoms with Crippen molar-refractivity contribution in [3.05, 3.63) is 99.6 Å². The van der Waals surface area contributed by atoms with Crippen LogP contribution in [0, 0.1) is 17.0 Å². The Morgan fingerprint density at radius 3 is 2.33 bits per heavy atom. The fourth-order valence-corrected chi connectivity index (χ4v) is 3.12. The summed E-state index contributed by atoms with van der Waals surface area (Å²) in [7, 11) is 1.43. The standard InChI is InChI=1S/C23H23N3O4/c1-16-8-10-18(11-9-16)23(17-6-4-3-5-7-17)24-15-22(27)25-20-13-12-19(30-2)14-21(20)26(28)29/h3-14,23-24H,15H2,1-2H3,(H,25,27)/t23-/m0/s1. The molecule has 0 heterocycles. The van der Waals surface area contributed by atoms with Gasteiger partial charge in [-0.2, -0.15) is 0 Å². The van der Waals surface area contributed by atoms with Gasteiger partial charge in [-0.1, -0.05) is 60.2 Å². The Morgan fingerprint density at radius 1 is 1.03 bits per heavy atom. The van der Waals surface area contributed by atoms with Crippen LogP contribution in [0.2, 0.25) is 0 Å². The van der Waals surface area contributed by atoms with E-state index in [1.807, 2.05) is 61.5 Å². The predicted octanol–water partition coefficient (Wildman–Crippen LogP) is 4.23. The lowest BCUT2D eigenvalue weighted by atomic mass is 9.98. The maximum absolute atomic E-state index is 12.5. The van der Waals surface area contributed by atoms with Crippen LogP contribution in [0.4, 0.5) is 11.4 Å². The van der Waals surface area contributed by atoms with Crippen molar-refractivity contribution in [2.24, 2.45) is 0 Å². The molecule has 0 aliphatic rings. The van der Waals surface area contributed by atoms with Crippen LogP contribution in [0.1, 0.15) is 22.7 Å². The average molecular weight is 405 g/mol. The number of anilines is 1. The molecule has 1 atom stereocenters. The molecule has 0 unspecified atom stereocenters. The molecule has 2 N–H and O–H groups in total. The number of nitro benzene ring substituents is 1. The Labute approximate surface area is 174 Å². The number of nitro groups is 1. The molecular formula is C23H23N3O4. The van der Waals surface area contributed by atoms with Crippen molar-refractivity contribution in [1.29, 1.82) is 0 Å². The van der Waals surface area contributed by atoms with Crippen molar-refractivity contribution in [2.45, 2.75) is 13.0 Å². The molecule has 3 aromatic rings. The normalized spacial score (nSPS) is 11.5. The lowest BCUT2D eigenvalue weighted by Gasteiger charge is -2.20. The van der Waals surface area contributed by atoms with Crippen LogP contribution in [-0.4, -0.2) is 24.5 Å². The number of hydrogen-bond acceptors (Lipinski definition) is 5. The second-order valence-corrected chi connectivity index (χ2v) is 6.82. The van der Waals surface area contributed by atoms with E-state index in [4.69, 9.17) is 4.74 Å².